The number of nitrogens with two attached hydrogens (primary N) is 1. The Hall–Kier alpha value is -4.12. The van der Waals surface area contributed by atoms with Gasteiger partial charge < -0.3 is 15.8 Å². The summed E-state index contributed by atoms with van der Waals surface area (Å²) in [4.78, 5) is 39.0. The maximum absolute atomic E-state index is 13.6. The number of hydrogen-bond acceptors (Lipinski definition) is 7. The lowest BCUT2D eigenvalue weighted by Crippen LogP contribution is -2.41. The predicted molar refractivity (Wildman–Crippen MR) is 146 cm³/mol. The molecule has 3 aromatic rings. The van der Waals surface area contributed by atoms with Crippen molar-refractivity contribution in [1.82, 2.24) is 10.2 Å². The number of non-ortho nitro benzene ring substituents is 1. The fraction of sp³-hybridized carbons (Fsp3) is 0.250. The Morgan fingerprint density at radius 1 is 0.949 bits per heavy atom. The molecule has 0 aromatic heterocycles. The molecule has 39 heavy (non-hydrogen) atoms. The predicted octanol–water partition coefficient (Wildman–Crippen LogP) is 3.33. The Balaban J connectivity index is 0.00000353. The van der Waals surface area contributed by atoms with Gasteiger partial charge in [-0.3, -0.25) is 30.0 Å². The van der Waals surface area contributed by atoms with Crippen LogP contribution in [0.1, 0.15) is 28.3 Å². The fourth-order valence-corrected chi connectivity index (χ4v) is 5.25. The number of benzene rings is 3. The molecule has 2 aliphatic rings. The van der Waals surface area contributed by atoms with Crippen molar-refractivity contribution in [2.45, 2.75) is 25.2 Å². The minimum absolute atomic E-state index is 0. The summed E-state index contributed by atoms with van der Waals surface area (Å²) in [5.41, 5.74) is 8.56. The van der Waals surface area contributed by atoms with Crippen molar-refractivity contribution in [2.24, 2.45) is 17.6 Å². The summed E-state index contributed by atoms with van der Waals surface area (Å²) in [7, 11) is 0. The first-order valence-corrected chi connectivity index (χ1v) is 12.2. The number of rotatable bonds is 9. The molecule has 2 aliphatic heterocycles. The SMILES string of the molecule is Cl.N=C(N)c1ccc(C2NC(COCc3ccccc3)C3C(=O)N(Cc4ccc([N+](=O)[O-])cc4)C(=O)C23)cc1. The van der Waals surface area contributed by atoms with Gasteiger partial charge in [0.1, 0.15) is 5.84 Å². The van der Waals surface area contributed by atoms with E-state index in [1.165, 1.54) is 17.0 Å². The minimum Gasteiger partial charge on any atom is -0.384 e. The molecule has 4 N–H and O–H groups in total. The summed E-state index contributed by atoms with van der Waals surface area (Å²) in [5.74, 6) is -1.88. The molecule has 11 heteroatoms. The van der Waals surface area contributed by atoms with E-state index in [9.17, 15) is 19.7 Å². The van der Waals surface area contributed by atoms with E-state index in [1.54, 1.807) is 24.3 Å². The number of nitrogens with zero attached hydrogens (tertiary/aromatic N) is 2. The number of ether oxygens (including phenoxy) is 1. The van der Waals surface area contributed by atoms with Gasteiger partial charge in [-0.05, 0) is 16.7 Å². The van der Waals surface area contributed by atoms with Crippen LogP contribution >= 0.6 is 12.4 Å². The third-order valence-corrected chi connectivity index (χ3v) is 7.15. The molecule has 0 spiro atoms. The second-order valence-electron chi connectivity index (χ2n) is 9.52. The number of amidine groups is 1. The molecule has 4 unspecified atom stereocenters. The Morgan fingerprint density at radius 3 is 2.21 bits per heavy atom. The van der Waals surface area contributed by atoms with Crippen LogP contribution in [0.15, 0.2) is 78.9 Å². The lowest BCUT2D eigenvalue weighted by molar-refractivity contribution is -0.384. The van der Waals surface area contributed by atoms with Crippen LogP contribution in [-0.2, 0) is 27.5 Å². The Kier molecular flexibility index (Phi) is 8.39. The summed E-state index contributed by atoms with van der Waals surface area (Å²) in [6.07, 6.45) is 0. The molecule has 10 nitrogen and oxygen atoms in total. The van der Waals surface area contributed by atoms with Crippen LogP contribution in [0.3, 0.4) is 0 Å². The minimum atomic E-state index is -0.631. The number of fused-ring (bicyclic) bond motifs is 1. The summed E-state index contributed by atoms with van der Waals surface area (Å²) in [6.45, 7) is 0.655. The maximum Gasteiger partial charge on any atom is 0.269 e. The first-order valence-electron chi connectivity index (χ1n) is 12.2. The number of imide groups is 1. The molecular formula is C28H28ClN5O5. The number of likely N-dealkylation sites (tertiary alicyclic amines) is 1. The van der Waals surface area contributed by atoms with Crippen molar-refractivity contribution in [2.75, 3.05) is 6.61 Å². The highest BCUT2D eigenvalue weighted by Crippen LogP contribution is 2.44. The lowest BCUT2D eigenvalue weighted by atomic mass is 9.86. The van der Waals surface area contributed by atoms with E-state index in [0.29, 0.717) is 17.7 Å². The van der Waals surface area contributed by atoms with Crippen LogP contribution in [0.25, 0.3) is 0 Å². The first-order chi connectivity index (χ1) is 18.3. The van der Waals surface area contributed by atoms with Gasteiger partial charge in [0.2, 0.25) is 11.8 Å². The second kappa shape index (κ2) is 11.7. The van der Waals surface area contributed by atoms with Gasteiger partial charge in [-0.25, -0.2) is 0 Å². The number of amides is 2. The van der Waals surface area contributed by atoms with Crippen molar-refractivity contribution >= 4 is 35.7 Å². The highest BCUT2D eigenvalue weighted by Gasteiger charge is 2.58. The Morgan fingerprint density at radius 2 is 1.59 bits per heavy atom. The van der Waals surface area contributed by atoms with Crippen LogP contribution in [0, 0.1) is 27.4 Å². The van der Waals surface area contributed by atoms with Crippen LogP contribution in [0.4, 0.5) is 5.69 Å². The zero-order valence-electron chi connectivity index (χ0n) is 20.9. The third-order valence-electron chi connectivity index (χ3n) is 7.15. The monoisotopic (exact) mass is 549 g/mol. The van der Waals surface area contributed by atoms with E-state index in [0.717, 1.165) is 11.1 Å². The van der Waals surface area contributed by atoms with E-state index in [1.807, 2.05) is 42.5 Å². The van der Waals surface area contributed by atoms with E-state index in [2.05, 4.69) is 5.32 Å². The summed E-state index contributed by atoms with van der Waals surface area (Å²) >= 11 is 0. The van der Waals surface area contributed by atoms with Gasteiger partial charge in [-0.1, -0.05) is 66.7 Å². The van der Waals surface area contributed by atoms with Gasteiger partial charge in [0.05, 0.1) is 36.5 Å². The number of halogens is 1. The van der Waals surface area contributed by atoms with Gasteiger partial charge in [0, 0.05) is 29.8 Å². The van der Waals surface area contributed by atoms with Crippen molar-refractivity contribution in [3.63, 3.8) is 0 Å². The molecule has 0 radical (unpaired) electrons. The number of nitro groups is 1. The van der Waals surface area contributed by atoms with Gasteiger partial charge in [-0.2, -0.15) is 0 Å². The van der Waals surface area contributed by atoms with Crippen LogP contribution in [-0.4, -0.2) is 40.1 Å². The molecule has 3 aromatic carbocycles. The summed E-state index contributed by atoms with van der Waals surface area (Å²) in [6, 6.07) is 21.8. The molecule has 2 amide bonds. The zero-order chi connectivity index (χ0) is 26.8. The molecule has 202 valence electrons. The average molecular weight is 550 g/mol. The quantitative estimate of drug-likeness (QED) is 0.122. The number of hydrogen-bond donors (Lipinski definition) is 3. The molecule has 2 fully saturated rings. The highest BCUT2D eigenvalue weighted by atomic mass is 35.5. The normalized spacial score (nSPS) is 21.9. The van der Waals surface area contributed by atoms with Crippen LogP contribution in [0.5, 0.6) is 0 Å². The summed E-state index contributed by atoms with van der Waals surface area (Å²) in [5, 5.41) is 22.1. The zero-order valence-corrected chi connectivity index (χ0v) is 21.7. The Labute approximate surface area is 231 Å². The number of nitrogens with one attached hydrogen (secondary N) is 2. The average Bonchev–Trinajstić information content (AvgIpc) is 3.41. The van der Waals surface area contributed by atoms with Crippen molar-refractivity contribution in [1.29, 1.82) is 5.41 Å². The van der Waals surface area contributed by atoms with E-state index >= 15 is 0 Å². The van der Waals surface area contributed by atoms with E-state index in [-0.39, 0.29) is 54.9 Å². The smallest absolute Gasteiger partial charge is 0.269 e. The first kappa shape index (κ1) is 27.9. The fourth-order valence-electron chi connectivity index (χ4n) is 5.25. The molecular weight excluding hydrogens is 522 g/mol. The lowest BCUT2D eigenvalue weighted by Gasteiger charge is -2.23. The molecule has 5 rings (SSSR count). The standard InChI is InChI=1S/C28H27N5O5.ClH/c29-26(30)20-10-8-19(9-11-20)25-24-23(22(31-25)16-38-15-18-4-2-1-3-5-18)27(34)32(28(24)35)14-17-6-12-21(13-7-17)33(36)37;/h1-13,22-25,31H,14-16H2,(H3,29,30);1H. The molecule has 0 bridgehead atoms. The van der Waals surface area contributed by atoms with E-state index in [4.69, 9.17) is 15.9 Å². The second-order valence-corrected chi connectivity index (χ2v) is 9.52. The maximum atomic E-state index is 13.6. The van der Waals surface area contributed by atoms with Gasteiger partial charge in [0.25, 0.3) is 5.69 Å². The summed E-state index contributed by atoms with van der Waals surface area (Å²) < 4.78 is 5.97. The van der Waals surface area contributed by atoms with Gasteiger partial charge >= 0.3 is 0 Å². The third kappa shape index (κ3) is 5.68. The van der Waals surface area contributed by atoms with Gasteiger partial charge in [-0.15, -0.1) is 12.4 Å². The van der Waals surface area contributed by atoms with Crippen molar-refractivity contribution in [3.05, 3.63) is 111 Å². The van der Waals surface area contributed by atoms with Crippen molar-refractivity contribution in [3.8, 4) is 0 Å². The molecule has 0 saturated carbocycles. The van der Waals surface area contributed by atoms with Crippen LogP contribution < -0.4 is 11.1 Å². The molecule has 2 saturated heterocycles. The van der Waals surface area contributed by atoms with Crippen LogP contribution in [0.2, 0.25) is 0 Å². The van der Waals surface area contributed by atoms with Gasteiger partial charge in [0.15, 0.2) is 0 Å². The largest absolute Gasteiger partial charge is 0.384 e. The number of nitrogen functional groups attached to an aromatic ring is 1. The Bertz CT molecular complexity index is 1370. The number of nitro benzene ring substituents is 1. The molecule has 4 atom stereocenters. The molecule has 2 heterocycles. The highest BCUT2D eigenvalue weighted by molar-refractivity contribution is 6.06. The molecule has 0 aliphatic carbocycles. The number of carbonyl (C=O) groups excluding carboxylic acids is 2. The van der Waals surface area contributed by atoms with E-state index < -0.39 is 22.8 Å². The topological polar surface area (TPSA) is 152 Å². The van der Waals surface area contributed by atoms with Crippen molar-refractivity contribution < 1.29 is 19.2 Å². The number of carbonyl (C=O) groups is 2.